The van der Waals surface area contributed by atoms with Crippen molar-refractivity contribution in [1.82, 2.24) is 4.98 Å². The summed E-state index contributed by atoms with van der Waals surface area (Å²) in [5, 5.41) is 11.2. The normalized spacial score (nSPS) is 27.4. The third kappa shape index (κ3) is 3.65. The van der Waals surface area contributed by atoms with E-state index in [0.717, 1.165) is 66.2 Å². The lowest BCUT2D eigenvalue weighted by Crippen LogP contribution is -2.29. The molecule has 6 heteroatoms. The van der Waals surface area contributed by atoms with Gasteiger partial charge in [-0.3, -0.25) is 4.98 Å². The Morgan fingerprint density at radius 1 is 1.09 bits per heavy atom. The van der Waals surface area contributed by atoms with Crippen LogP contribution < -0.4 is 0 Å². The Bertz CT molecular complexity index is 1040. The van der Waals surface area contributed by atoms with Gasteiger partial charge in [-0.05, 0) is 67.2 Å². The van der Waals surface area contributed by atoms with Gasteiger partial charge >= 0.3 is 6.18 Å². The maximum absolute atomic E-state index is 13.4. The number of aromatic nitrogens is 1. The van der Waals surface area contributed by atoms with Crippen LogP contribution in [0.1, 0.15) is 116 Å². The highest BCUT2D eigenvalue weighted by Gasteiger charge is 2.43. The first kappa shape index (κ1) is 21.9. The minimum Gasteiger partial charge on any atom is -0.388 e. The largest absolute Gasteiger partial charge is 0.416 e. The number of alkyl halides is 3. The van der Waals surface area contributed by atoms with E-state index in [4.69, 9.17) is 9.72 Å². The predicted octanol–water partition coefficient (Wildman–Crippen LogP) is 6.94. The van der Waals surface area contributed by atoms with Gasteiger partial charge in [-0.1, -0.05) is 38.8 Å². The number of rotatable bonds is 2. The summed E-state index contributed by atoms with van der Waals surface area (Å²) in [5.74, 6) is 0.290. The molecule has 0 amide bonds. The van der Waals surface area contributed by atoms with Crippen LogP contribution in [0, 0.1) is 5.41 Å². The topological polar surface area (TPSA) is 42.4 Å². The Hall–Kier alpha value is -1.92. The molecule has 1 saturated carbocycles. The van der Waals surface area contributed by atoms with Crippen molar-refractivity contribution in [2.45, 2.75) is 89.7 Å². The molecule has 3 atom stereocenters. The molecule has 1 N–H and O–H groups in total. The van der Waals surface area contributed by atoms with Gasteiger partial charge in [0.25, 0.3) is 0 Å². The number of hydrogen-bond donors (Lipinski definition) is 1. The number of ether oxygens (including phenoxy) is 1. The summed E-state index contributed by atoms with van der Waals surface area (Å²) >= 11 is 0. The summed E-state index contributed by atoms with van der Waals surface area (Å²) in [6, 6.07) is 5.45. The van der Waals surface area contributed by atoms with Crippen molar-refractivity contribution in [3.05, 3.63) is 63.5 Å². The first-order chi connectivity index (χ1) is 15.0. The van der Waals surface area contributed by atoms with Gasteiger partial charge in [-0.2, -0.15) is 13.2 Å². The minimum atomic E-state index is -4.41. The first-order valence-electron chi connectivity index (χ1n) is 11.6. The van der Waals surface area contributed by atoms with E-state index < -0.39 is 23.9 Å². The highest BCUT2D eigenvalue weighted by atomic mass is 19.4. The monoisotopic (exact) mass is 445 g/mol. The summed E-state index contributed by atoms with van der Waals surface area (Å²) in [6.07, 6.45) is -0.169. The molecule has 5 rings (SSSR count). The molecule has 3 nitrogen and oxygen atoms in total. The van der Waals surface area contributed by atoms with Gasteiger partial charge in [0.1, 0.15) is 6.10 Å². The predicted molar refractivity (Wildman–Crippen MR) is 115 cm³/mol. The van der Waals surface area contributed by atoms with Crippen LogP contribution in [0.2, 0.25) is 0 Å². The molecule has 2 aromatic rings. The number of aliphatic hydroxyl groups excluding tert-OH is 1. The summed E-state index contributed by atoms with van der Waals surface area (Å²) in [7, 11) is 0. The van der Waals surface area contributed by atoms with E-state index in [-0.39, 0.29) is 11.5 Å². The molecule has 0 bridgehead atoms. The van der Waals surface area contributed by atoms with Crippen molar-refractivity contribution < 1.29 is 23.0 Å². The molecule has 2 heterocycles. The molecule has 2 unspecified atom stereocenters. The van der Waals surface area contributed by atoms with Crippen molar-refractivity contribution in [3.8, 4) is 0 Å². The molecule has 0 radical (unpaired) electrons. The minimum absolute atomic E-state index is 0.0518. The van der Waals surface area contributed by atoms with Crippen molar-refractivity contribution in [2.75, 3.05) is 0 Å². The quantitative estimate of drug-likeness (QED) is 0.544. The van der Waals surface area contributed by atoms with E-state index in [1.54, 1.807) is 6.07 Å². The van der Waals surface area contributed by atoms with Crippen molar-refractivity contribution in [1.29, 1.82) is 0 Å². The molecule has 2 aliphatic carbocycles. The number of pyridine rings is 1. The lowest BCUT2D eigenvalue weighted by molar-refractivity contribution is -0.137. The Balaban J connectivity index is 1.72. The lowest BCUT2D eigenvalue weighted by atomic mass is 9.71. The fourth-order valence-corrected chi connectivity index (χ4v) is 6.06. The van der Waals surface area contributed by atoms with Gasteiger partial charge in [0, 0.05) is 16.8 Å². The van der Waals surface area contributed by atoms with E-state index >= 15 is 0 Å². The van der Waals surface area contributed by atoms with Crippen molar-refractivity contribution >= 4 is 0 Å². The summed E-state index contributed by atoms with van der Waals surface area (Å²) in [6.45, 7) is 6.22. The Morgan fingerprint density at radius 2 is 1.81 bits per heavy atom. The molecule has 0 spiro atoms. The summed E-state index contributed by atoms with van der Waals surface area (Å²) in [4.78, 5) is 4.99. The smallest absolute Gasteiger partial charge is 0.388 e. The van der Waals surface area contributed by atoms with Crippen molar-refractivity contribution in [3.63, 3.8) is 0 Å². The number of benzene rings is 1. The molecule has 1 fully saturated rings. The standard InChI is InChI=1S/C26H30F3NO2/c1-14-23-22(24(32-14)16-9-6-10-17(11-16)26(27,28)29)20(15-7-4-5-8-15)21-18(30-23)12-25(2,3)13-19(21)31/h6,9-11,14-15,19,24,31H,4-5,7-8,12-13H2,1-3H3/t14?,19-,24?/m0/s1. The van der Waals surface area contributed by atoms with Gasteiger partial charge in [0.05, 0.1) is 23.5 Å². The molecule has 1 aliphatic heterocycles. The van der Waals surface area contributed by atoms with Crippen LogP contribution in [0.3, 0.4) is 0 Å². The number of halogens is 3. The van der Waals surface area contributed by atoms with Gasteiger partial charge in [-0.15, -0.1) is 0 Å². The second-order valence-electron chi connectivity index (χ2n) is 10.5. The number of aliphatic hydroxyl groups is 1. The van der Waals surface area contributed by atoms with Gasteiger partial charge in [-0.25, -0.2) is 0 Å². The van der Waals surface area contributed by atoms with Crippen LogP contribution in [-0.4, -0.2) is 10.1 Å². The molecule has 32 heavy (non-hydrogen) atoms. The molecular formula is C26H30F3NO2. The number of fused-ring (bicyclic) bond motifs is 2. The lowest BCUT2D eigenvalue weighted by Gasteiger charge is -2.37. The highest BCUT2D eigenvalue weighted by molar-refractivity contribution is 5.52. The molecule has 172 valence electrons. The third-order valence-electron chi connectivity index (χ3n) is 7.42. The van der Waals surface area contributed by atoms with E-state index in [9.17, 15) is 18.3 Å². The maximum Gasteiger partial charge on any atom is 0.416 e. The zero-order chi connectivity index (χ0) is 22.8. The molecule has 3 aliphatic rings. The summed E-state index contributed by atoms with van der Waals surface area (Å²) < 4.78 is 46.5. The highest BCUT2D eigenvalue weighted by Crippen LogP contribution is 2.53. The SMILES string of the molecule is CC1OC(c2cccc(C(F)(F)F)c2)c2c1nc1c(c2C2CCCC2)[C@@H](O)CC(C)(C)C1. The van der Waals surface area contributed by atoms with Crippen LogP contribution >= 0.6 is 0 Å². The van der Waals surface area contributed by atoms with Gasteiger partial charge < -0.3 is 9.84 Å². The third-order valence-corrected chi connectivity index (χ3v) is 7.42. The average molecular weight is 446 g/mol. The van der Waals surface area contributed by atoms with Crippen LogP contribution in [0.25, 0.3) is 0 Å². The Morgan fingerprint density at radius 3 is 2.50 bits per heavy atom. The Kier molecular flexibility index (Phi) is 5.17. The van der Waals surface area contributed by atoms with Gasteiger partial charge in [0.15, 0.2) is 0 Å². The number of nitrogens with zero attached hydrogens (tertiary/aromatic N) is 1. The number of hydrogen-bond acceptors (Lipinski definition) is 3. The molecule has 0 saturated heterocycles. The second-order valence-corrected chi connectivity index (χ2v) is 10.5. The van der Waals surface area contributed by atoms with Crippen molar-refractivity contribution in [2.24, 2.45) is 5.41 Å². The van der Waals surface area contributed by atoms with Crippen LogP contribution in [0.5, 0.6) is 0 Å². The zero-order valence-corrected chi connectivity index (χ0v) is 18.8. The second kappa shape index (κ2) is 7.56. The van der Waals surface area contributed by atoms with E-state index in [1.807, 2.05) is 6.92 Å². The average Bonchev–Trinajstić information content (AvgIpc) is 3.34. The van der Waals surface area contributed by atoms with Crippen LogP contribution in [0.15, 0.2) is 24.3 Å². The fourth-order valence-electron chi connectivity index (χ4n) is 6.06. The van der Waals surface area contributed by atoms with Crippen LogP contribution in [-0.2, 0) is 17.3 Å². The molecular weight excluding hydrogens is 415 g/mol. The zero-order valence-electron chi connectivity index (χ0n) is 18.8. The fraction of sp³-hybridized carbons (Fsp3) is 0.577. The maximum atomic E-state index is 13.4. The molecule has 1 aromatic carbocycles. The Labute approximate surface area is 187 Å². The van der Waals surface area contributed by atoms with E-state index in [2.05, 4.69) is 13.8 Å². The van der Waals surface area contributed by atoms with Gasteiger partial charge in [0.2, 0.25) is 0 Å². The van der Waals surface area contributed by atoms with Crippen LogP contribution in [0.4, 0.5) is 13.2 Å². The van der Waals surface area contributed by atoms with E-state index in [1.165, 1.54) is 12.1 Å². The first-order valence-corrected chi connectivity index (χ1v) is 11.6. The molecule has 1 aromatic heterocycles. The summed E-state index contributed by atoms with van der Waals surface area (Å²) in [5.41, 5.74) is 4.48. The van der Waals surface area contributed by atoms with E-state index in [0.29, 0.717) is 17.9 Å².